The molecule has 0 spiro atoms. The first-order valence-electron chi connectivity index (χ1n) is 14.5. The van der Waals surface area contributed by atoms with Crippen molar-refractivity contribution < 1.29 is 29.7 Å². The summed E-state index contributed by atoms with van der Waals surface area (Å²) >= 11 is 0. The van der Waals surface area contributed by atoms with E-state index in [0.29, 0.717) is 81.3 Å². The number of hydrogen-bond donors (Lipinski definition) is 3. The molecule has 0 aliphatic carbocycles. The second-order valence-corrected chi connectivity index (χ2v) is 10.7. The lowest BCUT2D eigenvalue weighted by molar-refractivity contribution is -0.138. The van der Waals surface area contributed by atoms with Crippen molar-refractivity contribution in [2.75, 3.05) is 32.7 Å². The van der Waals surface area contributed by atoms with Crippen LogP contribution in [0.3, 0.4) is 0 Å². The average molecular weight is 613 g/mol. The van der Waals surface area contributed by atoms with Crippen molar-refractivity contribution in [3.05, 3.63) is 94.3 Å². The molecule has 3 aromatic heterocycles. The van der Waals surface area contributed by atoms with E-state index in [4.69, 9.17) is 4.98 Å². The zero-order chi connectivity index (χ0) is 32.3. The fraction of sp³-hybridized carbons (Fsp3) is 0.333. The predicted octanol–water partition coefficient (Wildman–Crippen LogP) is 3.08. The Morgan fingerprint density at radius 1 is 0.822 bits per heavy atom. The van der Waals surface area contributed by atoms with Crippen molar-refractivity contribution in [1.29, 1.82) is 0 Å². The number of aliphatic carboxylic acids is 1. The lowest BCUT2D eigenvalue weighted by Crippen LogP contribution is -2.41. The van der Waals surface area contributed by atoms with Gasteiger partial charge >= 0.3 is 17.9 Å². The van der Waals surface area contributed by atoms with Crippen LogP contribution in [0.25, 0.3) is 6.08 Å². The minimum atomic E-state index is -1.15. The van der Waals surface area contributed by atoms with Crippen LogP contribution in [0.1, 0.15) is 68.2 Å². The third-order valence-corrected chi connectivity index (χ3v) is 7.09. The van der Waals surface area contributed by atoms with Crippen LogP contribution in [0, 0.1) is 11.8 Å². The van der Waals surface area contributed by atoms with Gasteiger partial charge in [0.05, 0.1) is 29.3 Å². The largest absolute Gasteiger partial charge is 0.480 e. The summed E-state index contributed by atoms with van der Waals surface area (Å²) in [5, 5.41) is 28.8. The Morgan fingerprint density at radius 3 is 2.02 bits per heavy atom. The smallest absolute Gasteiger partial charge is 0.354 e. The quantitative estimate of drug-likeness (QED) is 0.304. The molecule has 0 unspecified atom stereocenters. The molecule has 1 aliphatic rings. The fourth-order valence-corrected chi connectivity index (χ4v) is 5.04. The maximum atomic E-state index is 11.8. The number of fused-ring (bicyclic) bond motifs is 2. The molecule has 3 aromatic rings. The zero-order valence-corrected chi connectivity index (χ0v) is 25.1. The Kier molecular flexibility index (Phi) is 11.5. The molecule has 12 heteroatoms. The first kappa shape index (κ1) is 32.9. The SMILES string of the molecule is C=Cc1cc(CN2CCN(Cc3cc(C#CCC)cc(C(=O)O)n3)CCN(CC(=O)O)Cc3cccc(n3)C2)nc(C(=O)O)c1. The highest BCUT2D eigenvalue weighted by molar-refractivity contribution is 5.86. The Bertz CT molecular complexity index is 1630. The van der Waals surface area contributed by atoms with Crippen LogP contribution in [-0.2, 0) is 31.0 Å². The molecule has 0 saturated heterocycles. The third-order valence-electron chi connectivity index (χ3n) is 7.09. The van der Waals surface area contributed by atoms with Gasteiger partial charge in [-0.05, 0) is 42.0 Å². The van der Waals surface area contributed by atoms with Gasteiger partial charge in [0, 0.05) is 64.3 Å². The van der Waals surface area contributed by atoms with E-state index in [1.54, 1.807) is 18.2 Å². The van der Waals surface area contributed by atoms with Crippen LogP contribution in [0.5, 0.6) is 0 Å². The number of rotatable bonds is 9. The van der Waals surface area contributed by atoms with Crippen molar-refractivity contribution in [2.24, 2.45) is 0 Å². The van der Waals surface area contributed by atoms with Gasteiger partial charge in [-0.2, -0.15) is 0 Å². The maximum absolute atomic E-state index is 11.8. The van der Waals surface area contributed by atoms with E-state index in [1.807, 2.05) is 30.0 Å². The van der Waals surface area contributed by atoms with Crippen molar-refractivity contribution in [1.82, 2.24) is 29.7 Å². The Labute approximate surface area is 261 Å². The van der Waals surface area contributed by atoms with E-state index in [1.165, 1.54) is 12.1 Å². The molecule has 0 fully saturated rings. The van der Waals surface area contributed by atoms with E-state index in [2.05, 4.69) is 38.2 Å². The molecule has 0 radical (unpaired) electrons. The van der Waals surface area contributed by atoms with Crippen LogP contribution >= 0.6 is 0 Å². The Morgan fingerprint density at radius 2 is 1.40 bits per heavy atom. The van der Waals surface area contributed by atoms with E-state index >= 15 is 0 Å². The number of carboxylic acid groups (broad SMARTS) is 3. The molecule has 2 bridgehead atoms. The van der Waals surface area contributed by atoms with E-state index in [9.17, 15) is 29.7 Å². The zero-order valence-electron chi connectivity index (χ0n) is 25.1. The number of carbonyl (C=O) groups is 3. The minimum absolute atomic E-state index is 0.0663. The summed E-state index contributed by atoms with van der Waals surface area (Å²) in [6.45, 7) is 8.89. The van der Waals surface area contributed by atoms with Crippen LogP contribution in [0.15, 0.2) is 49.0 Å². The minimum Gasteiger partial charge on any atom is -0.480 e. The number of carboxylic acids is 3. The molecule has 0 atom stereocenters. The van der Waals surface area contributed by atoms with Crippen LogP contribution < -0.4 is 0 Å². The van der Waals surface area contributed by atoms with Crippen LogP contribution in [0.4, 0.5) is 0 Å². The van der Waals surface area contributed by atoms with Gasteiger partial charge in [0.25, 0.3) is 0 Å². The summed E-state index contributed by atoms with van der Waals surface area (Å²) in [5.41, 5.74) is 3.68. The number of hydrogen-bond acceptors (Lipinski definition) is 9. The van der Waals surface area contributed by atoms with Gasteiger partial charge in [0.2, 0.25) is 0 Å². The van der Waals surface area contributed by atoms with E-state index < -0.39 is 17.9 Å². The molecule has 234 valence electrons. The summed E-state index contributed by atoms with van der Waals surface area (Å²) < 4.78 is 0. The number of aromatic nitrogens is 3. The molecule has 3 N–H and O–H groups in total. The topological polar surface area (TPSA) is 160 Å². The molecule has 12 nitrogen and oxygen atoms in total. The predicted molar refractivity (Wildman–Crippen MR) is 166 cm³/mol. The molecule has 4 rings (SSSR count). The summed E-state index contributed by atoms with van der Waals surface area (Å²) in [6, 6.07) is 12.2. The number of aromatic carboxylic acids is 2. The van der Waals surface area contributed by atoms with Gasteiger partial charge in [-0.25, -0.2) is 19.6 Å². The van der Waals surface area contributed by atoms with Gasteiger partial charge in [0.1, 0.15) is 11.4 Å². The van der Waals surface area contributed by atoms with Crippen molar-refractivity contribution in [3.8, 4) is 11.8 Å². The number of pyridine rings is 3. The lowest BCUT2D eigenvalue weighted by Gasteiger charge is -2.30. The highest BCUT2D eigenvalue weighted by Gasteiger charge is 2.20. The summed E-state index contributed by atoms with van der Waals surface area (Å²) in [7, 11) is 0. The highest BCUT2D eigenvalue weighted by Crippen LogP contribution is 2.16. The standard InChI is InChI=1S/C33H36N6O6/c1-3-5-7-24-15-28(36-30(17-24)33(44)45)20-37-10-12-38(21-27-14-23(4-2)16-29(35-27)32(42)43)18-25-8-6-9-26(34-25)19-39(13-11-37)22-31(40)41/h4,6,8-9,14-17H,2-3,10-13,18-22H2,1H3,(H,40,41)(H,42,43)(H,44,45). The molecule has 0 aromatic carbocycles. The first-order valence-corrected chi connectivity index (χ1v) is 14.5. The van der Waals surface area contributed by atoms with Gasteiger partial charge in [-0.3, -0.25) is 24.5 Å². The lowest BCUT2D eigenvalue weighted by atomic mass is 10.1. The number of nitrogens with zero attached hydrogens (tertiary/aromatic N) is 6. The van der Waals surface area contributed by atoms with Crippen LogP contribution in [0.2, 0.25) is 0 Å². The monoisotopic (exact) mass is 612 g/mol. The van der Waals surface area contributed by atoms with Gasteiger partial charge in [-0.1, -0.05) is 37.5 Å². The average Bonchev–Trinajstić information content (AvgIpc) is 3.00. The fourth-order valence-electron chi connectivity index (χ4n) is 5.04. The Hall–Kier alpha value is -4.96. The van der Waals surface area contributed by atoms with Crippen molar-refractivity contribution in [2.45, 2.75) is 39.5 Å². The maximum Gasteiger partial charge on any atom is 0.354 e. The molecule has 0 amide bonds. The highest BCUT2D eigenvalue weighted by atomic mass is 16.4. The molecular weight excluding hydrogens is 576 g/mol. The van der Waals surface area contributed by atoms with Crippen LogP contribution in [-0.4, -0.2) is 95.6 Å². The summed E-state index contributed by atoms with van der Waals surface area (Å²) in [6.07, 6.45) is 2.21. The Balaban J connectivity index is 1.68. The van der Waals surface area contributed by atoms with E-state index in [0.717, 1.165) is 11.4 Å². The van der Waals surface area contributed by atoms with Crippen molar-refractivity contribution >= 4 is 24.0 Å². The summed E-state index contributed by atoms with van der Waals surface area (Å²) in [4.78, 5) is 54.8. The molecule has 1 aliphatic heterocycles. The molecular formula is C33H36N6O6. The van der Waals surface area contributed by atoms with E-state index in [-0.39, 0.29) is 17.9 Å². The van der Waals surface area contributed by atoms with Crippen molar-refractivity contribution in [3.63, 3.8) is 0 Å². The summed E-state index contributed by atoms with van der Waals surface area (Å²) in [5.74, 6) is 2.76. The molecule has 4 heterocycles. The van der Waals surface area contributed by atoms with Gasteiger partial charge < -0.3 is 15.3 Å². The van der Waals surface area contributed by atoms with Gasteiger partial charge in [-0.15, -0.1) is 0 Å². The molecule has 45 heavy (non-hydrogen) atoms. The second kappa shape index (κ2) is 15.7. The third kappa shape index (κ3) is 10.0. The molecule has 0 saturated carbocycles. The second-order valence-electron chi connectivity index (χ2n) is 10.7. The normalized spacial score (nSPS) is 14.8. The van der Waals surface area contributed by atoms with Gasteiger partial charge in [0.15, 0.2) is 0 Å². The first-order chi connectivity index (χ1) is 21.6.